The van der Waals surface area contributed by atoms with E-state index >= 15 is 0 Å². The summed E-state index contributed by atoms with van der Waals surface area (Å²) >= 11 is 0. The standard InChI is InChI=1S/C20H22O5/c1-5-17(22-11-19-13-24-19)6-2-15(1)9-21-10-16-3-7-18(8-4-16)23-12-20-14-25-20/h1-8,19-20H,9-14H2. The van der Waals surface area contributed by atoms with Crippen LogP contribution in [0.2, 0.25) is 0 Å². The molecule has 0 bridgehead atoms. The Morgan fingerprint density at radius 3 is 1.44 bits per heavy atom. The minimum atomic E-state index is 0.279. The summed E-state index contributed by atoms with van der Waals surface area (Å²) in [4.78, 5) is 0. The van der Waals surface area contributed by atoms with Crippen molar-refractivity contribution < 1.29 is 23.7 Å². The van der Waals surface area contributed by atoms with Gasteiger partial charge in [-0.2, -0.15) is 0 Å². The van der Waals surface area contributed by atoms with Gasteiger partial charge in [0.2, 0.25) is 0 Å². The Kier molecular flexibility index (Phi) is 5.16. The quantitative estimate of drug-likeness (QED) is 0.622. The zero-order valence-electron chi connectivity index (χ0n) is 14.1. The Morgan fingerprint density at radius 2 is 1.08 bits per heavy atom. The highest BCUT2D eigenvalue weighted by Gasteiger charge is 2.23. The predicted molar refractivity (Wildman–Crippen MR) is 91.8 cm³/mol. The Bertz CT molecular complexity index is 600. The third-order valence-corrected chi connectivity index (χ3v) is 4.06. The van der Waals surface area contributed by atoms with Gasteiger partial charge in [-0.25, -0.2) is 0 Å². The van der Waals surface area contributed by atoms with Gasteiger partial charge in [0.1, 0.15) is 36.9 Å². The fraction of sp³-hybridized carbons (Fsp3) is 0.400. The van der Waals surface area contributed by atoms with Crippen LogP contribution in [0.3, 0.4) is 0 Å². The fourth-order valence-corrected chi connectivity index (χ4v) is 2.36. The molecule has 2 heterocycles. The van der Waals surface area contributed by atoms with E-state index in [1.165, 1.54) is 0 Å². The van der Waals surface area contributed by atoms with Gasteiger partial charge < -0.3 is 23.7 Å². The zero-order valence-corrected chi connectivity index (χ0v) is 14.1. The second-order valence-corrected chi connectivity index (χ2v) is 6.31. The first kappa shape index (κ1) is 16.4. The van der Waals surface area contributed by atoms with Crippen molar-refractivity contribution in [2.75, 3.05) is 26.4 Å². The average molecular weight is 342 g/mol. The Labute approximate surface area is 147 Å². The minimum absolute atomic E-state index is 0.279. The Hall–Kier alpha value is -2.08. The maximum atomic E-state index is 5.78. The van der Waals surface area contributed by atoms with Crippen LogP contribution in [0.15, 0.2) is 48.5 Å². The number of hydrogen-bond acceptors (Lipinski definition) is 5. The van der Waals surface area contributed by atoms with Crippen molar-refractivity contribution >= 4 is 0 Å². The van der Waals surface area contributed by atoms with Crippen LogP contribution in [0, 0.1) is 0 Å². The number of benzene rings is 2. The van der Waals surface area contributed by atoms with Crippen LogP contribution in [0.1, 0.15) is 11.1 Å². The summed E-state index contributed by atoms with van der Waals surface area (Å²) < 4.78 is 27.3. The first-order valence-corrected chi connectivity index (χ1v) is 8.59. The van der Waals surface area contributed by atoms with Crippen molar-refractivity contribution in [1.82, 2.24) is 0 Å². The van der Waals surface area contributed by atoms with Gasteiger partial charge in [-0.15, -0.1) is 0 Å². The van der Waals surface area contributed by atoms with E-state index in [0.717, 1.165) is 35.8 Å². The van der Waals surface area contributed by atoms with Crippen molar-refractivity contribution in [3.8, 4) is 11.5 Å². The van der Waals surface area contributed by atoms with E-state index in [1.54, 1.807) is 0 Å². The highest BCUT2D eigenvalue weighted by Crippen LogP contribution is 2.18. The van der Waals surface area contributed by atoms with Crippen LogP contribution in [0.4, 0.5) is 0 Å². The zero-order chi connectivity index (χ0) is 16.9. The monoisotopic (exact) mass is 342 g/mol. The normalized spacial score (nSPS) is 21.0. The van der Waals surface area contributed by atoms with Crippen molar-refractivity contribution in [2.24, 2.45) is 0 Å². The van der Waals surface area contributed by atoms with Crippen molar-refractivity contribution in [2.45, 2.75) is 25.4 Å². The highest BCUT2D eigenvalue weighted by molar-refractivity contribution is 5.28. The van der Waals surface area contributed by atoms with Gasteiger partial charge in [0, 0.05) is 0 Å². The van der Waals surface area contributed by atoms with Crippen molar-refractivity contribution in [1.29, 1.82) is 0 Å². The molecular formula is C20H22O5. The van der Waals surface area contributed by atoms with E-state index in [4.69, 9.17) is 23.7 Å². The first-order valence-electron chi connectivity index (χ1n) is 8.59. The van der Waals surface area contributed by atoms with Crippen molar-refractivity contribution in [3.05, 3.63) is 59.7 Å². The molecule has 0 aromatic heterocycles. The Morgan fingerprint density at radius 1 is 0.680 bits per heavy atom. The van der Waals surface area contributed by atoms with Crippen LogP contribution in [-0.4, -0.2) is 38.6 Å². The molecule has 0 saturated carbocycles. The largest absolute Gasteiger partial charge is 0.491 e. The number of ether oxygens (including phenoxy) is 5. The topological polar surface area (TPSA) is 52.8 Å². The maximum Gasteiger partial charge on any atom is 0.119 e. The number of rotatable bonds is 10. The molecule has 2 aliphatic rings. The second-order valence-electron chi connectivity index (χ2n) is 6.31. The van der Waals surface area contributed by atoms with Crippen LogP contribution in [0.25, 0.3) is 0 Å². The van der Waals surface area contributed by atoms with Gasteiger partial charge in [-0.3, -0.25) is 0 Å². The molecule has 132 valence electrons. The molecule has 2 atom stereocenters. The van der Waals surface area contributed by atoms with Crippen LogP contribution in [-0.2, 0) is 27.4 Å². The van der Waals surface area contributed by atoms with E-state index in [0.29, 0.717) is 26.4 Å². The number of epoxide rings is 2. The smallest absolute Gasteiger partial charge is 0.119 e. The lowest BCUT2D eigenvalue weighted by Crippen LogP contribution is -2.04. The summed E-state index contributed by atoms with van der Waals surface area (Å²) in [6, 6.07) is 16.0. The third-order valence-electron chi connectivity index (χ3n) is 4.06. The highest BCUT2D eigenvalue weighted by atomic mass is 16.6. The summed E-state index contributed by atoms with van der Waals surface area (Å²) in [7, 11) is 0. The van der Waals surface area contributed by atoms with E-state index in [1.807, 2.05) is 48.5 Å². The lowest BCUT2D eigenvalue weighted by atomic mass is 10.2. The molecular weight excluding hydrogens is 320 g/mol. The minimum Gasteiger partial charge on any atom is -0.491 e. The molecule has 4 rings (SSSR count). The summed E-state index contributed by atoms with van der Waals surface area (Å²) in [5, 5.41) is 0. The molecule has 2 aliphatic heterocycles. The first-order chi connectivity index (χ1) is 12.3. The summed E-state index contributed by atoms with van der Waals surface area (Å²) in [5.74, 6) is 1.73. The second kappa shape index (κ2) is 7.87. The lowest BCUT2D eigenvalue weighted by Gasteiger charge is -2.08. The van der Waals surface area contributed by atoms with Gasteiger partial charge in [0.15, 0.2) is 0 Å². The molecule has 5 heteroatoms. The van der Waals surface area contributed by atoms with Gasteiger partial charge in [0.05, 0.1) is 26.4 Å². The van der Waals surface area contributed by atoms with Gasteiger partial charge in [-0.1, -0.05) is 24.3 Å². The van der Waals surface area contributed by atoms with E-state index < -0.39 is 0 Å². The molecule has 0 spiro atoms. The molecule has 2 aromatic rings. The molecule has 0 aliphatic carbocycles. The maximum absolute atomic E-state index is 5.78. The van der Waals surface area contributed by atoms with Gasteiger partial charge >= 0.3 is 0 Å². The molecule has 2 fully saturated rings. The lowest BCUT2D eigenvalue weighted by molar-refractivity contribution is 0.107. The Balaban J connectivity index is 1.17. The number of hydrogen-bond donors (Lipinski definition) is 0. The summed E-state index contributed by atoms with van der Waals surface area (Å²) in [6.07, 6.45) is 0.559. The van der Waals surface area contributed by atoms with E-state index in [2.05, 4.69) is 0 Å². The molecule has 0 radical (unpaired) electrons. The SMILES string of the molecule is c1cc(OCC2CO2)ccc1COCc1ccc(OCC2CO2)cc1. The molecule has 5 nitrogen and oxygen atoms in total. The van der Waals surface area contributed by atoms with E-state index in [9.17, 15) is 0 Å². The molecule has 2 aromatic carbocycles. The predicted octanol–water partition coefficient (Wildman–Crippen LogP) is 2.96. The fourth-order valence-electron chi connectivity index (χ4n) is 2.36. The molecule has 2 unspecified atom stereocenters. The van der Waals surface area contributed by atoms with Gasteiger partial charge in [0.25, 0.3) is 0 Å². The summed E-state index contributed by atoms with van der Waals surface area (Å²) in [6.45, 7) is 4.03. The molecule has 0 amide bonds. The third kappa shape index (κ3) is 5.46. The van der Waals surface area contributed by atoms with Gasteiger partial charge in [-0.05, 0) is 35.4 Å². The van der Waals surface area contributed by atoms with E-state index in [-0.39, 0.29) is 12.2 Å². The van der Waals surface area contributed by atoms with Crippen LogP contribution < -0.4 is 9.47 Å². The summed E-state index contributed by atoms with van der Waals surface area (Å²) in [5.41, 5.74) is 2.25. The molecule has 2 saturated heterocycles. The molecule has 25 heavy (non-hydrogen) atoms. The average Bonchev–Trinajstić information content (AvgIpc) is 3.55. The van der Waals surface area contributed by atoms with Crippen LogP contribution in [0.5, 0.6) is 11.5 Å². The van der Waals surface area contributed by atoms with Crippen molar-refractivity contribution in [3.63, 3.8) is 0 Å². The molecule has 0 N–H and O–H groups in total. The van der Waals surface area contributed by atoms with Crippen LogP contribution >= 0.6 is 0 Å².